The number of fused-ring (bicyclic) bond motifs is 1. The molecule has 2 aromatic heterocycles. The molecule has 4 aromatic rings. The summed E-state index contributed by atoms with van der Waals surface area (Å²) >= 11 is 0. The van der Waals surface area contributed by atoms with E-state index >= 15 is 0 Å². The molecule has 134 valence electrons. The molecule has 0 radical (unpaired) electrons. The molecule has 5 nitrogen and oxygen atoms in total. The summed E-state index contributed by atoms with van der Waals surface area (Å²) in [6.07, 6.45) is 0. The Morgan fingerprint density at radius 1 is 0.963 bits per heavy atom. The Morgan fingerprint density at radius 3 is 2.22 bits per heavy atom. The Morgan fingerprint density at radius 2 is 1.59 bits per heavy atom. The smallest absolute Gasteiger partial charge is 0.259 e. The second kappa shape index (κ2) is 7.03. The number of nitrogens with zero attached hydrogens (tertiary/aromatic N) is 2. The van der Waals surface area contributed by atoms with Crippen LogP contribution in [-0.2, 0) is 0 Å². The van der Waals surface area contributed by atoms with E-state index in [1.165, 1.54) is 0 Å². The number of pyridine rings is 1. The highest BCUT2D eigenvalue weighted by Gasteiger charge is 2.22. The quantitative estimate of drug-likeness (QED) is 0.575. The predicted octanol–water partition coefficient (Wildman–Crippen LogP) is 4.70. The van der Waals surface area contributed by atoms with Crippen molar-refractivity contribution in [1.82, 2.24) is 15.5 Å². The van der Waals surface area contributed by atoms with Gasteiger partial charge in [-0.25, -0.2) is 4.98 Å². The van der Waals surface area contributed by atoms with E-state index in [-0.39, 0.29) is 11.9 Å². The first-order valence-electron chi connectivity index (χ1n) is 8.85. The average molecular weight is 357 g/mol. The van der Waals surface area contributed by atoms with Crippen molar-refractivity contribution in [3.8, 4) is 22.5 Å². The second-order valence-electron chi connectivity index (χ2n) is 6.63. The third-order valence-corrected chi connectivity index (χ3v) is 4.23. The lowest BCUT2D eigenvalue weighted by Crippen LogP contribution is -2.30. The maximum atomic E-state index is 12.9. The standard InChI is InChI=1S/C22H19N3O2/c1-14(2)23-21(26)17-13-18(15-9-5-3-6-10-15)24-22-19(17)20(25-27-22)16-11-7-4-8-12-16/h3-14H,1-2H3,(H,23,26). The van der Waals surface area contributed by atoms with E-state index in [9.17, 15) is 4.79 Å². The van der Waals surface area contributed by atoms with Crippen LogP contribution in [0.2, 0.25) is 0 Å². The number of carbonyl (C=O) groups excluding carboxylic acids is 1. The molecular formula is C22H19N3O2. The number of rotatable bonds is 4. The van der Waals surface area contributed by atoms with Gasteiger partial charge in [0.05, 0.1) is 16.6 Å². The van der Waals surface area contributed by atoms with Crippen LogP contribution in [0, 0.1) is 0 Å². The summed E-state index contributed by atoms with van der Waals surface area (Å²) in [6.45, 7) is 3.86. The van der Waals surface area contributed by atoms with Crippen molar-refractivity contribution in [2.45, 2.75) is 19.9 Å². The minimum Gasteiger partial charge on any atom is -0.350 e. The van der Waals surface area contributed by atoms with E-state index in [2.05, 4.69) is 15.5 Å². The lowest BCUT2D eigenvalue weighted by atomic mass is 10.0. The first kappa shape index (κ1) is 17.0. The van der Waals surface area contributed by atoms with E-state index < -0.39 is 0 Å². The van der Waals surface area contributed by atoms with Gasteiger partial charge >= 0.3 is 0 Å². The molecular weight excluding hydrogens is 338 g/mol. The van der Waals surface area contributed by atoms with Gasteiger partial charge in [-0.05, 0) is 19.9 Å². The van der Waals surface area contributed by atoms with Crippen molar-refractivity contribution in [2.24, 2.45) is 0 Å². The van der Waals surface area contributed by atoms with Crippen molar-refractivity contribution < 1.29 is 9.32 Å². The SMILES string of the molecule is CC(C)NC(=O)c1cc(-c2ccccc2)nc2onc(-c3ccccc3)c12. The van der Waals surface area contributed by atoms with Gasteiger partial charge in [-0.1, -0.05) is 65.8 Å². The molecule has 0 fully saturated rings. The molecule has 0 unspecified atom stereocenters. The minimum atomic E-state index is -0.171. The van der Waals surface area contributed by atoms with Crippen LogP contribution in [0.1, 0.15) is 24.2 Å². The van der Waals surface area contributed by atoms with Gasteiger partial charge in [0, 0.05) is 17.2 Å². The van der Waals surface area contributed by atoms with Crippen LogP contribution in [0.5, 0.6) is 0 Å². The van der Waals surface area contributed by atoms with E-state index in [0.717, 1.165) is 11.1 Å². The largest absolute Gasteiger partial charge is 0.350 e. The van der Waals surface area contributed by atoms with Gasteiger partial charge in [-0.2, -0.15) is 0 Å². The zero-order valence-electron chi connectivity index (χ0n) is 15.1. The summed E-state index contributed by atoms with van der Waals surface area (Å²) in [7, 11) is 0. The molecule has 0 aliphatic carbocycles. The monoisotopic (exact) mass is 357 g/mol. The van der Waals surface area contributed by atoms with Crippen molar-refractivity contribution in [3.63, 3.8) is 0 Å². The molecule has 2 heterocycles. The Hall–Kier alpha value is -3.47. The van der Waals surface area contributed by atoms with Crippen LogP contribution in [0.3, 0.4) is 0 Å². The second-order valence-corrected chi connectivity index (χ2v) is 6.63. The number of benzene rings is 2. The third-order valence-electron chi connectivity index (χ3n) is 4.23. The minimum absolute atomic E-state index is 0.0147. The highest BCUT2D eigenvalue weighted by Crippen LogP contribution is 2.32. The zero-order valence-corrected chi connectivity index (χ0v) is 15.1. The van der Waals surface area contributed by atoms with Crippen molar-refractivity contribution in [1.29, 1.82) is 0 Å². The maximum Gasteiger partial charge on any atom is 0.259 e. The normalized spacial score (nSPS) is 11.1. The lowest BCUT2D eigenvalue weighted by molar-refractivity contribution is 0.0944. The topological polar surface area (TPSA) is 68.0 Å². The molecule has 0 atom stereocenters. The first-order valence-corrected chi connectivity index (χ1v) is 8.85. The van der Waals surface area contributed by atoms with Gasteiger partial charge in [0.15, 0.2) is 0 Å². The molecule has 0 aliphatic rings. The lowest BCUT2D eigenvalue weighted by Gasteiger charge is -2.11. The van der Waals surface area contributed by atoms with Gasteiger partial charge in [-0.3, -0.25) is 4.79 Å². The molecule has 4 rings (SSSR count). The van der Waals surface area contributed by atoms with Gasteiger partial charge in [0.2, 0.25) is 0 Å². The zero-order chi connectivity index (χ0) is 18.8. The number of hydrogen-bond donors (Lipinski definition) is 1. The number of carbonyl (C=O) groups is 1. The van der Waals surface area contributed by atoms with Gasteiger partial charge in [-0.15, -0.1) is 0 Å². The summed E-state index contributed by atoms with van der Waals surface area (Å²) < 4.78 is 5.52. The average Bonchev–Trinajstić information content (AvgIpc) is 3.12. The molecule has 0 saturated heterocycles. The Labute approximate surface area is 157 Å². The highest BCUT2D eigenvalue weighted by atomic mass is 16.5. The fourth-order valence-electron chi connectivity index (χ4n) is 3.02. The summed E-state index contributed by atoms with van der Waals surface area (Å²) in [5.41, 5.74) is 3.94. The van der Waals surface area contributed by atoms with Crippen LogP contribution in [-0.4, -0.2) is 22.1 Å². The Kier molecular flexibility index (Phi) is 4.42. The van der Waals surface area contributed by atoms with Crippen LogP contribution >= 0.6 is 0 Å². The summed E-state index contributed by atoms with van der Waals surface area (Å²) in [4.78, 5) is 17.5. The van der Waals surface area contributed by atoms with Crippen LogP contribution in [0.15, 0.2) is 71.3 Å². The fourth-order valence-corrected chi connectivity index (χ4v) is 3.02. The molecule has 27 heavy (non-hydrogen) atoms. The molecule has 1 N–H and O–H groups in total. The molecule has 0 aliphatic heterocycles. The molecule has 2 aromatic carbocycles. The molecule has 0 saturated carbocycles. The van der Waals surface area contributed by atoms with E-state index in [4.69, 9.17) is 4.52 Å². The molecule has 1 amide bonds. The fraction of sp³-hybridized carbons (Fsp3) is 0.136. The van der Waals surface area contributed by atoms with E-state index in [0.29, 0.717) is 28.1 Å². The molecule has 0 bridgehead atoms. The number of aromatic nitrogens is 2. The molecule has 0 spiro atoms. The number of hydrogen-bond acceptors (Lipinski definition) is 4. The first-order chi connectivity index (χ1) is 13.1. The van der Waals surface area contributed by atoms with Gasteiger partial charge in [0.25, 0.3) is 11.6 Å². The van der Waals surface area contributed by atoms with Crippen LogP contribution < -0.4 is 5.32 Å². The van der Waals surface area contributed by atoms with E-state index in [1.807, 2.05) is 74.5 Å². The van der Waals surface area contributed by atoms with Crippen molar-refractivity contribution in [3.05, 3.63) is 72.3 Å². The summed E-state index contributed by atoms with van der Waals surface area (Å²) in [5, 5.41) is 7.79. The summed E-state index contributed by atoms with van der Waals surface area (Å²) in [5.74, 6) is -0.171. The number of nitrogens with one attached hydrogen (secondary N) is 1. The van der Waals surface area contributed by atoms with Crippen LogP contribution in [0.25, 0.3) is 33.6 Å². The van der Waals surface area contributed by atoms with Gasteiger partial charge in [0.1, 0.15) is 5.69 Å². The Bertz CT molecular complexity index is 1090. The van der Waals surface area contributed by atoms with E-state index in [1.54, 1.807) is 6.07 Å². The van der Waals surface area contributed by atoms with Crippen molar-refractivity contribution in [2.75, 3.05) is 0 Å². The Balaban J connectivity index is 1.96. The van der Waals surface area contributed by atoms with Gasteiger partial charge < -0.3 is 9.84 Å². The maximum absolute atomic E-state index is 12.9. The van der Waals surface area contributed by atoms with Crippen LogP contribution in [0.4, 0.5) is 0 Å². The van der Waals surface area contributed by atoms with Crippen molar-refractivity contribution >= 4 is 17.0 Å². The number of amides is 1. The third kappa shape index (κ3) is 3.31. The highest BCUT2D eigenvalue weighted by molar-refractivity contribution is 6.10. The summed E-state index contributed by atoms with van der Waals surface area (Å²) in [6, 6.07) is 21.2. The molecule has 5 heteroatoms. The predicted molar refractivity (Wildman–Crippen MR) is 105 cm³/mol.